The molecular weight excluding hydrogens is 483 g/mol. The molecule has 1 amide bonds. The van der Waals surface area contributed by atoms with Crippen LogP contribution in [0.4, 0.5) is 27.8 Å². The lowest BCUT2D eigenvalue weighted by atomic mass is 9.99. The molecule has 0 N–H and O–H groups in total. The Bertz CT molecular complexity index is 1330. The Morgan fingerprint density at radius 1 is 1.21 bits per heavy atom. The minimum atomic E-state index is -5.85. The second-order valence-electron chi connectivity index (χ2n) is 8.11. The highest BCUT2D eigenvalue weighted by Crippen LogP contribution is 2.48. The number of aromatic nitrogens is 2. The largest absolute Gasteiger partial charge is 0.459 e. The zero-order valence-electron chi connectivity index (χ0n) is 17.7. The third-order valence-electron chi connectivity index (χ3n) is 6.02. The molecule has 7 nitrogen and oxygen atoms in total. The summed E-state index contributed by atoms with van der Waals surface area (Å²) in [4.78, 5) is 21.4. The van der Waals surface area contributed by atoms with Gasteiger partial charge in [-0.15, -0.1) is 0 Å². The summed E-state index contributed by atoms with van der Waals surface area (Å²) in [7, 11) is -3.89. The summed E-state index contributed by atoms with van der Waals surface area (Å²) in [5.74, 6) is -6.52. The predicted molar refractivity (Wildman–Crippen MR) is 108 cm³/mol. The number of carbonyl (C=O) groups excluding carboxylic acids is 1. The minimum Gasteiger partial charge on any atom is -0.291 e. The normalized spacial score (nSPS) is 17.8. The summed E-state index contributed by atoms with van der Waals surface area (Å²) in [6, 6.07) is 4.72. The van der Waals surface area contributed by atoms with Gasteiger partial charge in [-0.05, 0) is 36.6 Å². The van der Waals surface area contributed by atoms with Crippen LogP contribution >= 0.6 is 0 Å². The van der Waals surface area contributed by atoms with Gasteiger partial charge < -0.3 is 0 Å². The van der Waals surface area contributed by atoms with Crippen LogP contribution in [0.1, 0.15) is 47.1 Å². The van der Waals surface area contributed by atoms with Gasteiger partial charge in [0.25, 0.3) is 5.91 Å². The zero-order chi connectivity index (χ0) is 25.1. The van der Waals surface area contributed by atoms with Gasteiger partial charge in [-0.2, -0.15) is 27.2 Å². The molecule has 3 heterocycles. The van der Waals surface area contributed by atoms with Crippen molar-refractivity contribution in [2.45, 2.75) is 48.6 Å². The molecule has 0 radical (unpaired) electrons. The fourth-order valence-electron chi connectivity index (χ4n) is 3.75. The molecular formula is C21H17F5N4O3S. The van der Waals surface area contributed by atoms with Crippen molar-refractivity contribution in [1.82, 2.24) is 9.97 Å². The summed E-state index contributed by atoms with van der Waals surface area (Å²) in [6.45, 7) is 1.17. The SMILES string of the molecule is CCS(=O)(=O)c1cc(C2(C#N)CC2)cnc1N1CCc2nc(C(F)(F)C(F)(F)F)ccc2C1=O. The van der Waals surface area contributed by atoms with Crippen LogP contribution in [0.25, 0.3) is 0 Å². The van der Waals surface area contributed by atoms with Crippen LogP contribution in [0.2, 0.25) is 0 Å². The fraction of sp³-hybridized carbons (Fsp3) is 0.429. The Morgan fingerprint density at radius 3 is 2.44 bits per heavy atom. The molecule has 0 spiro atoms. The lowest BCUT2D eigenvalue weighted by molar-refractivity contribution is -0.291. The van der Waals surface area contributed by atoms with Crippen molar-refractivity contribution in [2.75, 3.05) is 17.2 Å². The Hall–Kier alpha value is -3.14. The van der Waals surface area contributed by atoms with Crippen molar-refractivity contribution >= 4 is 21.6 Å². The molecule has 0 unspecified atom stereocenters. The first kappa shape index (κ1) is 24.0. The summed E-state index contributed by atoms with van der Waals surface area (Å²) >= 11 is 0. The van der Waals surface area contributed by atoms with Gasteiger partial charge >= 0.3 is 12.1 Å². The van der Waals surface area contributed by atoms with Crippen molar-refractivity contribution in [3.05, 3.63) is 46.9 Å². The molecule has 1 fully saturated rings. The van der Waals surface area contributed by atoms with E-state index < -0.39 is 39.0 Å². The molecule has 0 atom stereocenters. The first-order valence-corrected chi connectivity index (χ1v) is 11.8. The van der Waals surface area contributed by atoms with E-state index in [1.54, 1.807) is 0 Å². The smallest absolute Gasteiger partial charge is 0.291 e. The van der Waals surface area contributed by atoms with Gasteiger partial charge in [0.05, 0.1) is 28.5 Å². The van der Waals surface area contributed by atoms with Crippen LogP contribution in [0.5, 0.6) is 0 Å². The lowest BCUT2D eigenvalue weighted by Gasteiger charge is -2.29. The number of amides is 1. The van der Waals surface area contributed by atoms with Crippen LogP contribution in [-0.2, 0) is 27.6 Å². The Labute approximate surface area is 191 Å². The quantitative estimate of drug-likeness (QED) is 0.581. The number of hydrogen-bond acceptors (Lipinski definition) is 6. The molecule has 13 heteroatoms. The third-order valence-corrected chi connectivity index (χ3v) is 7.75. The Balaban J connectivity index is 1.76. The second kappa shape index (κ2) is 7.69. The van der Waals surface area contributed by atoms with Crippen LogP contribution in [-0.4, -0.2) is 42.8 Å². The van der Waals surface area contributed by atoms with Gasteiger partial charge in [-0.3, -0.25) is 14.7 Å². The molecule has 0 aromatic carbocycles. The number of halogens is 5. The monoisotopic (exact) mass is 500 g/mol. The van der Waals surface area contributed by atoms with Crippen molar-refractivity contribution in [1.29, 1.82) is 5.26 Å². The van der Waals surface area contributed by atoms with E-state index in [0.717, 1.165) is 11.0 Å². The van der Waals surface area contributed by atoms with Crippen molar-refractivity contribution in [3.63, 3.8) is 0 Å². The molecule has 1 aliphatic heterocycles. The van der Waals surface area contributed by atoms with Gasteiger partial charge in [0.2, 0.25) is 0 Å². The summed E-state index contributed by atoms with van der Waals surface area (Å²) < 4.78 is 91.0. The summed E-state index contributed by atoms with van der Waals surface area (Å²) in [5.41, 5.74) is -2.42. The number of alkyl halides is 5. The highest BCUT2D eigenvalue weighted by molar-refractivity contribution is 7.91. The zero-order valence-corrected chi connectivity index (χ0v) is 18.5. The second-order valence-corrected chi connectivity index (χ2v) is 10.4. The van der Waals surface area contributed by atoms with Crippen molar-refractivity contribution in [2.24, 2.45) is 0 Å². The van der Waals surface area contributed by atoms with E-state index in [-0.39, 0.29) is 40.7 Å². The van der Waals surface area contributed by atoms with Gasteiger partial charge in [-0.25, -0.2) is 13.4 Å². The van der Waals surface area contributed by atoms with E-state index in [1.165, 1.54) is 19.2 Å². The minimum absolute atomic E-state index is 0.194. The van der Waals surface area contributed by atoms with Crippen LogP contribution in [0.3, 0.4) is 0 Å². The molecule has 4 rings (SSSR count). The van der Waals surface area contributed by atoms with E-state index in [4.69, 9.17) is 0 Å². The number of nitriles is 1. The number of hydrogen-bond donors (Lipinski definition) is 0. The average Bonchev–Trinajstić information content (AvgIpc) is 3.59. The van der Waals surface area contributed by atoms with Gasteiger partial charge in [0.15, 0.2) is 15.7 Å². The van der Waals surface area contributed by atoms with E-state index in [2.05, 4.69) is 16.0 Å². The fourth-order valence-corrected chi connectivity index (χ4v) is 4.81. The molecule has 0 bridgehead atoms. The highest BCUT2D eigenvalue weighted by Gasteiger charge is 2.60. The number of anilines is 1. The van der Waals surface area contributed by atoms with Crippen molar-refractivity contribution in [3.8, 4) is 6.07 Å². The van der Waals surface area contributed by atoms with E-state index >= 15 is 0 Å². The van der Waals surface area contributed by atoms with Crippen LogP contribution < -0.4 is 4.90 Å². The highest BCUT2D eigenvalue weighted by atomic mass is 32.2. The van der Waals surface area contributed by atoms with E-state index in [9.17, 15) is 40.4 Å². The maximum Gasteiger partial charge on any atom is 0.459 e. The standard InChI is InChI=1S/C21H17F5N4O3S/c1-2-34(32,33)15-9-12(19(11-27)6-7-19)10-28-17(15)30-8-5-14-13(18(30)31)3-4-16(29-14)20(22,23)21(24,25)26/h3-4,9-10H,2,5-8H2,1H3. The number of pyridine rings is 2. The maximum atomic E-state index is 13.7. The molecule has 180 valence electrons. The first-order chi connectivity index (χ1) is 15.8. The number of sulfone groups is 1. The summed E-state index contributed by atoms with van der Waals surface area (Å²) in [5, 5.41) is 9.44. The van der Waals surface area contributed by atoms with Crippen LogP contribution in [0.15, 0.2) is 29.3 Å². The number of carbonyl (C=O) groups is 1. The van der Waals surface area contributed by atoms with Gasteiger partial charge in [0, 0.05) is 19.2 Å². The number of fused-ring (bicyclic) bond motifs is 1. The molecule has 0 saturated heterocycles. The molecule has 2 aromatic rings. The lowest BCUT2D eigenvalue weighted by Crippen LogP contribution is -2.41. The topological polar surface area (TPSA) is 104 Å². The van der Waals surface area contributed by atoms with Crippen molar-refractivity contribution < 1.29 is 35.2 Å². The van der Waals surface area contributed by atoms with E-state index in [1.807, 2.05) is 0 Å². The molecule has 34 heavy (non-hydrogen) atoms. The first-order valence-electron chi connectivity index (χ1n) is 10.2. The van der Waals surface area contributed by atoms with Gasteiger partial charge in [0.1, 0.15) is 10.6 Å². The number of nitrogens with zero attached hydrogens (tertiary/aromatic N) is 4. The number of rotatable bonds is 5. The predicted octanol–water partition coefficient (Wildman–Crippen LogP) is 3.68. The van der Waals surface area contributed by atoms with Gasteiger partial charge in [-0.1, -0.05) is 6.92 Å². The molecule has 2 aromatic heterocycles. The third kappa shape index (κ3) is 3.70. The summed E-state index contributed by atoms with van der Waals surface area (Å²) in [6.07, 6.45) is -3.63. The van der Waals surface area contributed by atoms with E-state index in [0.29, 0.717) is 24.5 Å². The average molecular weight is 500 g/mol. The molecule has 1 saturated carbocycles. The Kier molecular flexibility index (Phi) is 5.43. The molecule has 1 aliphatic carbocycles. The van der Waals surface area contributed by atoms with Crippen LogP contribution in [0, 0.1) is 11.3 Å². The molecule has 2 aliphatic rings. The maximum absolute atomic E-state index is 13.7. The Morgan fingerprint density at radius 2 is 1.88 bits per heavy atom.